The number of benzene rings is 2. The van der Waals surface area contributed by atoms with Crippen LogP contribution in [0.15, 0.2) is 87.9 Å². The maximum atomic E-state index is 12.4. The van der Waals surface area contributed by atoms with Gasteiger partial charge in [-0.3, -0.25) is 9.59 Å². The lowest BCUT2D eigenvalue weighted by Gasteiger charge is -2.06. The Hall–Kier alpha value is -3.77. The molecule has 4 rings (SSSR count). The first-order chi connectivity index (χ1) is 14.1. The highest BCUT2D eigenvalue weighted by molar-refractivity contribution is 6.30. The zero-order chi connectivity index (χ0) is 20.2. The number of furan rings is 2. The van der Waals surface area contributed by atoms with E-state index in [9.17, 15) is 9.59 Å². The van der Waals surface area contributed by atoms with Crippen molar-refractivity contribution >= 4 is 34.8 Å². The number of amides is 2. The minimum Gasteiger partial charge on any atom is -0.459 e. The summed E-state index contributed by atoms with van der Waals surface area (Å²) in [6.07, 6.45) is 1.43. The van der Waals surface area contributed by atoms with Gasteiger partial charge < -0.3 is 19.5 Å². The predicted molar refractivity (Wildman–Crippen MR) is 110 cm³/mol. The SMILES string of the molecule is O=C(Nc1ccc(NC(=O)c2ccc(-c3cccc(Cl)c3)o2)cc1)c1ccco1. The second kappa shape index (κ2) is 8.08. The molecule has 0 aliphatic heterocycles. The van der Waals surface area contributed by atoms with Crippen LogP contribution in [0, 0.1) is 0 Å². The molecule has 2 aromatic heterocycles. The molecule has 4 aromatic rings. The van der Waals surface area contributed by atoms with Gasteiger partial charge in [-0.15, -0.1) is 0 Å². The third-order valence-corrected chi connectivity index (χ3v) is 4.32. The van der Waals surface area contributed by atoms with Crippen molar-refractivity contribution in [1.82, 2.24) is 0 Å². The smallest absolute Gasteiger partial charge is 0.291 e. The van der Waals surface area contributed by atoms with Crippen LogP contribution in [0.3, 0.4) is 0 Å². The Balaban J connectivity index is 1.40. The van der Waals surface area contributed by atoms with Gasteiger partial charge >= 0.3 is 0 Å². The van der Waals surface area contributed by atoms with Crippen LogP contribution in [0.4, 0.5) is 11.4 Å². The largest absolute Gasteiger partial charge is 0.459 e. The Labute approximate surface area is 171 Å². The van der Waals surface area contributed by atoms with Crippen LogP contribution in [-0.2, 0) is 0 Å². The normalized spacial score (nSPS) is 10.5. The maximum Gasteiger partial charge on any atom is 0.291 e. The van der Waals surface area contributed by atoms with Crippen LogP contribution in [0.5, 0.6) is 0 Å². The first-order valence-electron chi connectivity index (χ1n) is 8.70. The molecule has 0 unspecified atom stereocenters. The summed E-state index contributed by atoms with van der Waals surface area (Å²) in [5.74, 6) is 0.209. The molecule has 144 valence electrons. The maximum absolute atomic E-state index is 12.4. The molecule has 0 bridgehead atoms. The van der Waals surface area contributed by atoms with E-state index in [-0.39, 0.29) is 23.3 Å². The van der Waals surface area contributed by atoms with E-state index in [2.05, 4.69) is 10.6 Å². The van der Waals surface area contributed by atoms with E-state index in [0.29, 0.717) is 22.2 Å². The Morgan fingerprint density at radius 3 is 2.07 bits per heavy atom. The quantitative estimate of drug-likeness (QED) is 0.445. The van der Waals surface area contributed by atoms with Crippen molar-refractivity contribution in [2.24, 2.45) is 0 Å². The molecule has 0 fully saturated rings. The van der Waals surface area contributed by atoms with Crippen molar-refractivity contribution in [1.29, 1.82) is 0 Å². The van der Waals surface area contributed by atoms with Crippen LogP contribution in [0.2, 0.25) is 5.02 Å². The summed E-state index contributed by atoms with van der Waals surface area (Å²) in [5.41, 5.74) is 1.92. The van der Waals surface area contributed by atoms with E-state index in [1.807, 2.05) is 12.1 Å². The lowest BCUT2D eigenvalue weighted by Crippen LogP contribution is -2.12. The fraction of sp³-hybridized carbons (Fsp3) is 0. The number of carbonyl (C=O) groups excluding carboxylic acids is 2. The molecular weight excluding hydrogens is 392 g/mol. The highest BCUT2D eigenvalue weighted by atomic mass is 35.5. The van der Waals surface area contributed by atoms with Crippen LogP contribution in [0.1, 0.15) is 21.1 Å². The predicted octanol–water partition coefficient (Wildman–Crippen LogP) is 5.70. The molecule has 0 saturated carbocycles. The summed E-state index contributed by atoms with van der Waals surface area (Å²) >= 11 is 5.99. The summed E-state index contributed by atoms with van der Waals surface area (Å²) < 4.78 is 10.7. The van der Waals surface area contributed by atoms with Crippen molar-refractivity contribution in [3.8, 4) is 11.3 Å². The molecule has 2 heterocycles. The van der Waals surface area contributed by atoms with Gasteiger partial charge in [0.15, 0.2) is 11.5 Å². The van der Waals surface area contributed by atoms with Crippen molar-refractivity contribution in [3.05, 3.63) is 95.6 Å². The molecule has 2 N–H and O–H groups in total. The van der Waals surface area contributed by atoms with Crippen LogP contribution < -0.4 is 10.6 Å². The third kappa shape index (κ3) is 4.39. The standard InChI is InChI=1S/C22H15ClN2O4/c23-15-4-1-3-14(13-15)18-10-11-20(29-18)22(27)25-17-8-6-16(7-9-17)24-21(26)19-5-2-12-28-19/h1-13H,(H,24,26)(H,25,27). The van der Waals surface area contributed by atoms with Crippen LogP contribution in [-0.4, -0.2) is 11.8 Å². The molecule has 0 aliphatic rings. The topological polar surface area (TPSA) is 84.5 Å². The second-order valence-corrected chi connectivity index (χ2v) is 6.57. The van der Waals surface area contributed by atoms with Gasteiger partial charge in [-0.1, -0.05) is 23.7 Å². The number of carbonyl (C=O) groups is 2. The van der Waals surface area contributed by atoms with Gasteiger partial charge in [0.2, 0.25) is 0 Å². The number of hydrogen-bond acceptors (Lipinski definition) is 4. The summed E-state index contributed by atoms with van der Waals surface area (Å²) in [5, 5.41) is 6.05. The Morgan fingerprint density at radius 1 is 0.759 bits per heavy atom. The van der Waals surface area contributed by atoms with Crippen molar-refractivity contribution in [3.63, 3.8) is 0 Å². The van der Waals surface area contributed by atoms with Gasteiger partial charge in [-0.2, -0.15) is 0 Å². The average molecular weight is 407 g/mol. The zero-order valence-corrected chi connectivity index (χ0v) is 15.8. The van der Waals surface area contributed by atoms with Gasteiger partial charge in [0.05, 0.1) is 6.26 Å². The second-order valence-electron chi connectivity index (χ2n) is 6.14. The lowest BCUT2D eigenvalue weighted by atomic mass is 10.2. The summed E-state index contributed by atoms with van der Waals surface area (Å²) in [7, 11) is 0. The van der Waals surface area contributed by atoms with Crippen molar-refractivity contribution in [2.45, 2.75) is 0 Å². The molecule has 0 spiro atoms. The molecule has 0 atom stereocenters. The van der Waals surface area contributed by atoms with E-state index in [1.54, 1.807) is 60.7 Å². The third-order valence-electron chi connectivity index (χ3n) is 4.08. The Bertz CT molecular complexity index is 1150. The van der Waals surface area contributed by atoms with E-state index in [4.69, 9.17) is 20.4 Å². The molecule has 7 heteroatoms. The molecule has 0 aliphatic carbocycles. The molecule has 0 saturated heterocycles. The summed E-state index contributed by atoms with van der Waals surface area (Å²) in [4.78, 5) is 24.4. The van der Waals surface area contributed by atoms with E-state index in [1.165, 1.54) is 6.26 Å². The molecule has 2 amide bonds. The number of rotatable bonds is 5. The number of halogens is 1. The minimum atomic E-state index is -0.384. The fourth-order valence-corrected chi connectivity index (χ4v) is 2.88. The lowest BCUT2D eigenvalue weighted by molar-refractivity contribution is 0.0989. The summed E-state index contributed by atoms with van der Waals surface area (Å²) in [6, 6.07) is 20.4. The molecule has 0 radical (unpaired) electrons. The van der Waals surface area contributed by atoms with E-state index < -0.39 is 0 Å². The monoisotopic (exact) mass is 406 g/mol. The fourth-order valence-electron chi connectivity index (χ4n) is 2.69. The first kappa shape index (κ1) is 18.6. The average Bonchev–Trinajstić information content (AvgIpc) is 3.42. The first-order valence-corrected chi connectivity index (χ1v) is 9.08. The van der Waals surface area contributed by atoms with Crippen molar-refractivity contribution < 1.29 is 18.4 Å². The molecule has 2 aromatic carbocycles. The highest BCUT2D eigenvalue weighted by Crippen LogP contribution is 2.25. The number of hydrogen-bond donors (Lipinski definition) is 2. The van der Waals surface area contributed by atoms with Gasteiger partial charge in [-0.25, -0.2) is 0 Å². The number of anilines is 2. The van der Waals surface area contributed by atoms with Gasteiger partial charge in [-0.05, 0) is 60.7 Å². The van der Waals surface area contributed by atoms with Crippen LogP contribution >= 0.6 is 11.6 Å². The molecule has 29 heavy (non-hydrogen) atoms. The van der Waals surface area contributed by atoms with Gasteiger partial charge in [0, 0.05) is 22.0 Å². The van der Waals surface area contributed by atoms with Crippen LogP contribution in [0.25, 0.3) is 11.3 Å². The molecule has 6 nitrogen and oxygen atoms in total. The van der Waals surface area contributed by atoms with E-state index >= 15 is 0 Å². The Morgan fingerprint density at radius 2 is 1.45 bits per heavy atom. The zero-order valence-electron chi connectivity index (χ0n) is 15.0. The Kier molecular flexibility index (Phi) is 5.18. The van der Waals surface area contributed by atoms with E-state index in [0.717, 1.165) is 5.56 Å². The minimum absolute atomic E-state index is 0.176. The highest BCUT2D eigenvalue weighted by Gasteiger charge is 2.13. The number of nitrogens with one attached hydrogen (secondary N) is 2. The van der Waals surface area contributed by atoms with Crippen molar-refractivity contribution in [2.75, 3.05) is 10.6 Å². The van der Waals surface area contributed by atoms with Gasteiger partial charge in [0.25, 0.3) is 11.8 Å². The summed E-state index contributed by atoms with van der Waals surface area (Å²) in [6.45, 7) is 0. The molecular formula is C22H15ClN2O4. The van der Waals surface area contributed by atoms with Gasteiger partial charge in [0.1, 0.15) is 5.76 Å².